The molecule has 166 valence electrons. The van der Waals surface area contributed by atoms with Gasteiger partial charge in [-0.15, -0.1) is 0 Å². The molecule has 3 rings (SSSR count). The lowest BCUT2D eigenvalue weighted by Gasteiger charge is -2.33. The van der Waals surface area contributed by atoms with Crippen LogP contribution in [0.5, 0.6) is 5.75 Å². The Labute approximate surface area is 175 Å². The number of sulfonamides is 2. The van der Waals surface area contributed by atoms with Crippen LogP contribution in [0.3, 0.4) is 0 Å². The van der Waals surface area contributed by atoms with Gasteiger partial charge in [-0.2, -0.15) is 4.31 Å². The molecule has 2 saturated heterocycles. The Morgan fingerprint density at radius 1 is 1.17 bits per heavy atom. The molecule has 0 aliphatic carbocycles. The van der Waals surface area contributed by atoms with Crippen LogP contribution in [0.25, 0.3) is 0 Å². The average Bonchev–Trinajstić information content (AvgIpc) is 3.00. The first-order valence-corrected chi connectivity index (χ1v) is 12.3. The molecule has 2 amide bonds. The van der Waals surface area contributed by atoms with E-state index >= 15 is 0 Å². The van der Waals surface area contributed by atoms with Gasteiger partial charge >= 0.3 is 6.09 Å². The number of carbonyl (C=O) groups excluding carboxylic acids is 2. The number of hydrogen-bond donors (Lipinski definition) is 0. The average molecular weight is 462 g/mol. The highest BCUT2D eigenvalue weighted by Gasteiger charge is 2.38. The zero-order chi connectivity index (χ0) is 22.1. The van der Waals surface area contributed by atoms with Crippen LogP contribution in [0.1, 0.15) is 13.3 Å². The first kappa shape index (κ1) is 22.3. The summed E-state index contributed by atoms with van der Waals surface area (Å²) in [6, 6.07) is 3.78. The second kappa shape index (κ2) is 8.40. The SMILES string of the molecule is CCOC(=O)N1CCN(S(=O)(=O)c2cc(N3C(=O)CCS3(=O)=O)ccc2OC)CC1. The molecule has 1 aromatic carbocycles. The van der Waals surface area contributed by atoms with Crippen molar-refractivity contribution in [2.75, 3.05) is 50.0 Å². The lowest BCUT2D eigenvalue weighted by molar-refractivity contribution is -0.116. The van der Waals surface area contributed by atoms with Crippen LogP contribution in [-0.2, 0) is 29.6 Å². The van der Waals surface area contributed by atoms with E-state index in [-0.39, 0.29) is 61.3 Å². The molecule has 0 radical (unpaired) electrons. The molecule has 0 unspecified atom stereocenters. The first-order valence-electron chi connectivity index (χ1n) is 9.27. The summed E-state index contributed by atoms with van der Waals surface area (Å²) < 4.78 is 62.8. The Balaban J connectivity index is 1.90. The third-order valence-electron chi connectivity index (χ3n) is 4.84. The summed E-state index contributed by atoms with van der Waals surface area (Å²) in [4.78, 5) is 25.1. The second-order valence-electron chi connectivity index (χ2n) is 6.65. The molecule has 13 heteroatoms. The van der Waals surface area contributed by atoms with Gasteiger partial charge in [-0.1, -0.05) is 0 Å². The molecule has 0 aromatic heterocycles. The van der Waals surface area contributed by atoms with E-state index in [0.29, 0.717) is 4.31 Å². The Hall–Kier alpha value is -2.38. The Kier molecular flexibility index (Phi) is 6.24. The van der Waals surface area contributed by atoms with E-state index in [1.807, 2.05) is 0 Å². The molecule has 11 nitrogen and oxygen atoms in total. The summed E-state index contributed by atoms with van der Waals surface area (Å²) in [5.41, 5.74) is -0.0537. The maximum absolute atomic E-state index is 13.2. The van der Waals surface area contributed by atoms with Crippen LogP contribution in [0.15, 0.2) is 23.1 Å². The molecule has 0 N–H and O–H groups in total. The number of nitrogens with zero attached hydrogens (tertiary/aromatic N) is 3. The van der Waals surface area contributed by atoms with Gasteiger partial charge in [0.1, 0.15) is 10.6 Å². The van der Waals surface area contributed by atoms with Gasteiger partial charge < -0.3 is 14.4 Å². The minimum absolute atomic E-state index is 0.0237. The molecule has 0 bridgehead atoms. The summed E-state index contributed by atoms with van der Waals surface area (Å²) in [5.74, 6) is -0.919. The topological polar surface area (TPSA) is 131 Å². The summed E-state index contributed by atoms with van der Waals surface area (Å²) in [6.45, 7) is 2.28. The third kappa shape index (κ3) is 4.09. The van der Waals surface area contributed by atoms with E-state index in [1.54, 1.807) is 6.92 Å². The maximum atomic E-state index is 13.2. The minimum Gasteiger partial charge on any atom is -0.495 e. The van der Waals surface area contributed by atoms with E-state index in [2.05, 4.69) is 0 Å². The molecule has 2 aliphatic rings. The van der Waals surface area contributed by atoms with E-state index in [1.165, 1.54) is 28.4 Å². The standard InChI is InChI=1S/C17H23N3O8S2/c1-3-28-17(22)18-7-9-19(10-8-18)30(25,26)15-12-13(4-5-14(15)27-2)20-16(21)6-11-29(20,23)24/h4-5,12H,3,6-11H2,1-2H3. The van der Waals surface area contributed by atoms with Crippen LogP contribution in [0, 0.1) is 0 Å². The number of anilines is 1. The van der Waals surface area contributed by atoms with Gasteiger partial charge in [-0.25, -0.2) is 25.9 Å². The molecule has 0 spiro atoms. The summed E-state index contributed by atoms with van der Waals surface area (Å²) >= 11 is 0. The quantitative estimate of drug-likeness (QED) is 0.609. The van der Waals surface area contributed by atoms with Gasteiger partial charge in [-0.05, 0) is 25.1 Å². The minimum atomic E-state index is -4.08. The van der Waals surface area contributed by atoms with Gasteiger partial charge in [0.05, 0.1) is 25.2 Å². The van der Waals surface area contributed by atoms with Crippen molar-refractivity contribution in [1.29, 1.82) is 0 Å². The van der Waals surface area contributed by atoms with Crippen molar-refractivity contribution in [2.24, 2.45) is 0 Å². The molecule has 2 heterocycles. The van der Waals surface area contributed by atoms with Crippen LogP contribution in [0.2, 0.25) is 0 Å². The number of ether oxygens (including phenoxy) is 2. The van der Waals surface area contributed by atoms with Crippen molar-refractivity contribution in [2.45, 2.75) is 18.2 Å². The fourth-order valence-electron chi connectivity index (χ4n) is 3.33. The highest BCUT2D eigenvalue weighted by atomic mass is 32.2. The zero-order valence-electron chi connectivity index (χ0n) is 16.6. The van der Waals surface area contributed by atoms with Crippen molar-refractivity contribution < 1.29 is 35.9 Å². The molecule has 30 heavy (non-hydrogen) atoms. The van der Waals surface area contributed by atoms with E-state index in [0.717, 1.165) is 6.07 Å². The smallest absolute Gasteiger partial charge is 0.409 e. The van der Waals surface area contributed by atoms with Gasteiger partial charge in [0.15, 0.2) is 0 Å². The largest absolute Gasteiger partial charge is 0.495 e. The van der Waals surface area contributed by atoms with Crippen molar-refractivity contribution >= 4 is 37.7 Å². The number of methoxy groups -OCH3 is 1. The Morgan fingerprint density at radius 2 is 1.83 bits per heavy atom. The predicted octanol–water partition coefficient (Wildman–Crippen LogP) is 0.225. The highest BCUT2D eigenvalue weighted by molar-refractivity contribution is 7.94. The van der Waals surface area contributed by atoms with E-state index < -0.39 is 32.0 Å². The summed E-state index contributed by atoms with van der Waals surface area (Å²) in [5, 5.41) is 0. The molecular formula is C17H23N3O8S2. The maximum Gasteiger partial charge on any atom is 0.409 e. The number of benzene rings is 1. The molecule has 0 saturated carbocycles. The van der Waals surface area contributed by atoms with E-state index in [9.17, 15) is 26.4 Å². The third-order valence-corrected chi connectivity index (χ3v) is 8.45. The summed E-state index contributed by atoms with van der Waals surface area (Å²) in [7, 11) is -6.62. The monoisotopic (exact) mass is 461 g/mol. The fourth-order valence-corrected chi connectivity index (χ4v) is 6.38. The first-order chi connectivity index (χ1) is 14.1. The molecular weight excluding hydrogens is 438 g/mol. The fraction of sp³-hybridized carbons (Fsp3) is 0.529. The number of amides is 2. The lowest BCUT2D eigenvalue weighted by atomic mass is 10.3. The Bertz CT molecular complexity index is 1050. The van der Waals surface area contributed by atoms with Crippen LogP contribution in [-0.4, -0.2) is 83.7 Å². The molecule has 1 aromatic rings. The zero-order valence-corrected chi connectivity index (χ0v) is 18.2. The van der Waals surface area contributed by atoms with E-state index in [4.69, 9.17) is 9.47 Å². The molecule has 2 fully saturated rings. The van der Waals surface area contributed by atoms with Gasteiger partial charge in [-0.3, -0.25) is 4.79 Å². The van der Waals surface area contributed by atoms with Gasteiger partial charge in [0.2, 0.25) is 26.0 Å². The van der Waals surface area contributed by atoms with Crippen LogP contribution >= 0.6 is 0 Å². The van der Waals surface area contributed by atoms with Crippen molar-refractivity contribution in [3.05, 3.63) is 18.2 Å². The van der Waals surface area contributed by atoms with Gasteiger partial charge in [0, 0.05) is 32.6 Å². The van der Waals surface area contributed by atoms with Crippen molar-refractivity contribution in [3.8, 4) is 5.75 Å². The van der Waals surface area contributed by atoms with Gasteiger partial charge in [0.25, 0.3) is 0 Å². The number of piperazine rings is 1. The van der Waals surface area contributed by atoms with Crippen molar-refractivity contribution in [3.63, 3.8) is 0 Å². The molecule has 0 atom stereocenters. The number of carbonyl (C=O) groups is 2. The van der Waals surface area contributed by atoms with Crippen molar-refractivity contribution in [1.82, 2.24) is 9.21 Å². The summed E-state index contributed by atoms with van der Waals surface area (Å²) in [6.07, 6.45) is -0.668. The Morgan fingerprint density at radius 3 is 2.37 bits per heavy atom. The van der Waals surface area contributed by atoms with Crippen LogP contribution in [0.4, 0.5) is 10.5 Å². The second-order valence-corrected chi connectivity index (χ2v) is 10.5. The normalized spacial score (nSPS) is 19.7. The lowest BCUT2D eigenvalue weighted by Crippen LogP contribution is -2.50. The van der Waals surface area contributed by atoms with Crippen LogP contribution < -0.4 is 9.04 Å². The number of hydrogen-bond acceptors (Lipinski definition) is 8. The predicted molar refractivity (Wildman–Crippen MR) is 106 cm³/mol. The molecule has 2 aliphatic heterocycles. The highest BCUT2D eigenvalue weighted by Crippen LogP contribution is 2.34. The number of rotatable bonds is 5.